The molecule has 0 aliphatic carbocycles. The van der Waals surface area contributed by atoms with Crippen molar-refractivity contribution in [1.29, 1.82) is 0 Å². The van der Waals surface area contributed by atoms with Crippen molar-refractivity contribution < 1.29 is 5.11 Å². The van der Waals surface area contributed by atoms with Gasteiger partial charge in [0.15, 0.2) is 0 Å². The van der Waals surface area contributed by atoms with Gasteiger partial charge in [-0.3, -0.25) is 0 Å². The molecule has 0 aliphatic heterocycles. The lowest BCUT2D eigenvalue weighted by molar-refractivity contribution is 0.282. The molecular formula is C8H15BrO. The molecule has 0 radical (unpaired) electrons. The number of hydrogen-bond donors (Lipinski definition) is 1. The minimum atomic E-state index is 0.342. The maximum Gasteiger partial charge on any atom is 0.0431 e. The van der Waals surface area contributed by atoms with E-state index in [9.17, 15) is 0 Å². The van der Waals surface area contributed by atoms with Gasteiger partial charge in [-0.25, -0.2) is 0 Å². The molecule has 0 aromatic rings. The Balaban J connectivity index is 2.77. The zero-order valence-corrected chi connectivity index (χ0v) is 7.81. The molecule has 0 spiro atoms. The van der Waals surface area contributed by atoms with E-state index < -0.39 is 0 Å². The summed E-state index contributed by atoms with van der Waals surface area (Å²) >= 11 is 3.21. The average molecular weight is 207 g/mol. The average Bonchev–Trinajstić information content (AvgIpc) is 1.97. The van der Waals surface area contributed by atoms with Crippen molar-refractivity contribution in [1.82, 2.24) is 0 Å². The standard InChI is InChI=1S/C8H15BrO/c9-7-5-3-1-2-4-6-8-10/h5,7,10H,1-4,6,8H2/b7-5-. The SMILES string of the molecule is OCCCCCC/C=C\Br. The van der Waals surface area contributed by atoms with Gasteiger partial charge in [0.1, 0.15) is 0 Å². The molecule has 0 saturated carbocycles. The van der Waals surface area contributed by atoms with Crippen molar-refractivity contribution in [2.24, 2.45) is 0 Å². The van der Waals surface area contributed by atoms with Crippen LogP contribution in [-0.4, -0.2) is 11.7 Å². The van der Waals surface area contributed by atoms with Crippen molar-refractivity contribution in [3.8, 4) is 0 Å². The molecule has 0 saturated heterocycles. The number of aliphatic hydroxyl groups is 1. The van der Waals surface area contributed by atoms with Crippen molar-refractivity contribution >= 4 is 15.9 Å². The predicted molar refractivity (Wildman–Crippen MR) is 48.2 cm³/mol. The first-order valence-electron chi connectivity index (χ1n) is 3.78. The number of allylic oxidation sites excluding steroid dienone is 1. The fourth-order valence-corrected chi connectivity index (χ4v) is 1.05. The minimum absolute atomic E-state index is 0.342. The molecule has 0 fully saturated rings. The van der Waals surface area contributed by atoms with Crippen LogP contribution in [0.15, 0.2) is 11.1 Å². The van der Waals surface area contributed by atoms with Gasteiger partial charge >= 0.3 is 0 Å². The van der Waals surface area contributed by atoms with Crippen molar-refractivity contribution in [2.75, 3.05) is 6.61 Å². The predicted octanol–water partition coefficient (Wildman–Crippen LogP) is 2.84. The number of aliphatic hydroxyl groups excluding tert-OH is 1. The Morgan fingerprint density at radius 3 is 2.40 bits per heavy atom. The minimum Gasteiger partial charge on any atom is -0.396 e. The number of unbranched alkanes of at least 4 members (excludes halogenated alkanes) is 4. The highest BCUT2D eigenvalue weighted by Gasteiger charge is 1.85. The molecule has 60 valence electrons. The van der Waals surface area contributed by atoms with E-state index in [0.717, 1.165) is 19.3 Å². The van der Waals surface area contributed by atoms with Crippen molar-refractivity contribution in [2.45, 2.75) is 32.1 Å². The summed E-state index contributed by atoms with van der Waals surface area (Å²) in [4.78, 5) is 1.90. The van der Waals surface area contributed by atoms with Crippen LogP contribution in [0.3, 0.4) is 0 Å². The first-order valence-corrected chi connectivity index (χ1v) is 4.69. The van der Waals surface area contributed by atoms with E-state index in [-0.39, 0.29) is 0 Å². The van der Waals surface area contributed by atoms with Crippen LogP contribution < -0.4 is 0 Å². The highest BCUT2D eigenvalue weighted by Crippen LogP contribution is 2.03. The Hall–Kier alpha value is 0.180. The van der Waals surface area contributed by atoms with E-state index >= 15 is 0 Å². The summed E-state index contributed by atoms with van der Waals surface area (Å²) in [6.07, 6.45) is 7.85. The first kappa shape index (κ1) is 10.2. The molecule has 0 unspecified atom stereocenters. The van der Waals surface area contributed by atoms with E-state index in [1.54, 1.807) is 0 Å². The van der Waals surface area contributed by atoms with Crippen LogP contribution in [0.1, 0.15) is 32.1 Å². The summed E-state index contributed by atoms with van der Waals surface area (Å²) in [5.74, 6) is 0. The van der Waals surface area contributed by atoms with Gasteiger partial charge < -0.3 is 5.11 Å². The Bertz CT molecular complexity index is 81.3. The lowest BCUT2D eigenvalue weighted by Gasteiger charge is -1.94. The maximum atomic E-state index is 8.45. The molecule has 0 aromatic heterocycles. The molecule has 0 amide bonds. The topological polar surface area (TPSA) is 20.2 Å². The van der Waals surface area contributed by atoms with E-state index in [2.05, 4.69) is 22.0 Å². The zero-order valence-electron chi connectivity index (χ0n) is 6.22. The van der Waals surface area contributed by atoms with Gasteiger partial charge in [-0.2, -0.15) is 0 Å². The summed E-state index contributed by atoms with van der Waals surface area (Å²) in [7, 11) is 0. The highest BCUT2D eigenvalue weighted by atomic mass is 79.9. The summed E-state index contributed by atoms with van der Waals surface area (Å²) in [6, 6.07) is 0. The van der Waals surface area contributed by atoms with Gasteiger partial charge in [0.2, 0.25) is 0 Å². The Morgan fingerprint density at radius 2 is 1.80 bits per heavy atom. The lowest BCUT2D eigenvalue weighted by atomic mass is 10.1. The third kappa shape index (κ3) is 8.18. The van der Waals surface area contributed by atoms with Crippen LogP contribution in [0, 0.1) is 0 Å². The summed E-state index contributed by atoms with van der Waals surface area (Å²) in [5, 5.41) is 8.45. The molecular weight excluding hydrogens is 192 g/mol. The number of hydrogen-bond acceptors (Lipinski definition) is 1. The van der Waals surface area contributed by atoms with E-state index in [4.69, 9.17) is 5.11 Å². The summed E-state index contributed by atoms with van der Waals surface area (Å²) in [5.41, 5.74) is 0. The lowest BCUT2D eigenvalue weighted by Crippen LogP contribution is -1.82. The van der Waals surface area contributed by atoms with Crippen molar-refractivity contribution in [3.05, 3.63) is 11.1 Å². The first-order chi connectivity index (χ1) is 4.91. The molecule has 0 heterocycles. The van der Waals surface area contributed by atoms with Crippen molar-refractivity contribution in [3.63, 3.8) is 0 Å². The zero-order chi connectivity index (χ0) is 7.66. The van der Waals surface area contributed by atoms with Crippen LogP contribution in [0.5, 0.6) is 0 Å². The molecule has 0 aromatic carbocycles. The van der Waals surface area contributed by atoms with Gasteiger partial charge in [0.05, 0.1) is 0 Å². The highest BCUT2D eigenvalue weighted by molar-refractivity contribution is 9.11. The van der Waals surface area contributed by atoms with Crippen LogP contribution in [0.2, 0.25) is 0 Å². The summed E-state index contributed by atoms with van der Waals surface area (Å²) < 4.78 is 0. The molecule has 1 N–H and O–H groups in total. The Morgan fingerprint density at radius 1 is 1.10 bits per heavy atom. The molecule has 2 heteroatoms. The largest absolute Gasteiger partial charge is 0.396 e. The maximum absolute atomic E-state index is 8.45. The van der Waals surface area contributed by atoms with E-state index in [1.807, 2.05) is 4.99 Å². The number of halogens is 1. The summed E-state index contributed by atoms with van der Waals surface area (Å²) in [6.45, 7) is 0.342. The third-order valence-corrected chi connectivity index (χ3v) is 1.74. The second kappa shape index (κ2) is 9.18. The quantitative estimate of drug-likeness (QED) is 0.664. The number of rotatable bonds is 6. The molecule has 1 nitrogen and oxygen atoms in total. The molecule has 0 bridgehead atoms. The van der Waals surface area contributed by atoms with E-state index in [1.165, 1.54) is 12.8 Å². The van der Waals surface area contributed by atoms with Crippen LogP contribution in [0.25, 0.3) is 0 Å². The second-order valence-corrected chi connectivity index (χ2v) is 2.82. The third-order valence-electron chi connectivity index (χ3n) is 1.37. The van der Waals surface area contributed by atoms with Gasteiger partial charge in [0, 0.05) is 6.61 Å². The Labute approximate surface area is 71.3 Å². The fourth-order valence-electron chi connectivity index (χ4n) is 0.791. The van der Waals surface area contributed by atoms with Gasteiger partial charge in [-0.1, -0.05) is 34.8 Å². The normalized spacial score (nSPS) is 11.0. The Kier molecular flexibility index (Phi) is 9.35. The van der Waals surface area contributed by atoms with Gasteiger partial charge in [-0.05, 0) is 24.2 Å². The van der Waals surface area contributed by atoms with E-state index in [0.29, 0.717) is 6.61 Å². The smallest absolute Gasteiger partial charge is 0.0431 e. The van der Waals surface area contributed by atoms with Gasteiger partial charge in [0.25, 0.3) is 0 Å². The molecule has 0 rings (SSSR count). The van der Waals surface area contributed by atoms with Gasteiger partial charge in [-0.15, -0.1) is 0 Å². The van der Waals surface area contributed by atoms with Crippen LogP contribution >= 0.6 is 15.9 Å². The molecule has 10 heavy (non-hydrogen) atoms. The van der Waals surface area contributed by atoms with Crippen LogP contribution in [0.4, 0.5) is 0 Å². The second-order valence-electron chi connectivity index (χ2n) is 2.29. The van der Waals surface area contributed by atoms with Crippen LogP contribution in [-0.2, 0) is 0 Å². The monoisotopic (exact) mass is 206 g/mol. The molecule has 0 atom stereocenters. The fraction of sp³-hybridized carbons (Fsp3) is 0.750. The molecule has 0 aliphatic rings.